The largest absolute Gasteiger partial charge is 0.493 e. The molecule has 0 saturated carbocycles. The highest BCUT2D eigenvalue weighted by Crippen LogP contribution is 2.21. The zero-order valence-electron chi connectivity index (χ0n) is 12.1. The fraction of sp³-hybridized carbons (Fsp3) is 0.533. The van der Waals surface area contributed by atoms with Crippen LogP contribution in [0, 0.1) is 6.92 Å². The van der Waals surface area contributed by atoms with E-state index < -0.39 is 0 Å². The summed E-state index contributed by atoms with van der Waals surface area (Å²) in [6.45, 7) is 5.03. The average Bonchev–Trinajstić information content (AvgIpc) is 2.38. The topological polar surface area (TPSA) is 64.3 Å². The summed E-state index contributed by atoms with van der Waals surface area (Å²) in [6.07, 6.45) is 1.97. The molecule has 20 heavy (non-hydrogen) atoms. The Labute approximate surface area is 125 Å². The third-order valence-corrected chi connectivity index (χ3v) is 3.10. The van der Waals surface area contributed by atoms with Crippen LogP contribution in [0.4, 0.5) is 0 Å². The van der Waals surface area contributed by atoms with E-state index in [1.165, 1.54) is 0 Å². The van der Waals surface area contributed by atoms with E-state index in [0.29, 0.717) is 31.0 Å². The molecule has 0 aliphatic heterocycles. The van der Waals surface area contributed by atoms with Crippen molar-refractivity contribution in [1.82, 2.24) is 5.32 Å². The van der Waals surface area contributed by atoms with E-state index in [0.717, 1.165) is 17.7 Å². The molecule has 0 heterocycles. The van der Waals surface area contributed by atoms with Crippen LogP contribution in [-0.4, -0.2) is 25.1 Å². The summed E-state index contributed by atoms with van der Waals surface area (Å²) < 4.78 is 5.64. The van der Waals surface area contributed by atoms with Gasteiger partial charge in [-0.2, -0.15) is 0 Å². The summed E-state index contributed by atoms with van der Waals surface area (Å²) in [6, 6.07) is 5.60. The summed E-state index contributed by atoms with van der Waals surface area (Å²) >= 11 is 5.88. The van der Waals surface area contributed by atoms with Gasteiger partial charge >= 0.3 is 0 Å². The molecule has 0 saturated heterocycles. The fourth-order valence-corrected chi connectivity index (χ4v) is 1.93. The minimum atomic E-state index is 0.0463. The molecular formula is C15H23ClN2O2. The zero-order chi connectivity index (χ0) is 15.0. The molecule has 112 valence electrons. The SMILES string of the molecule is Cc1cc(Cl)ccc1OCCCNC(=O)CCC(C)N. The molecule has 1 atom stereocenters. The molecule has 1 amide bonds. The highest BCUT2D eigenvalue weighted by Gasteiger charge is 2.03. The Hall–Kier alpha value is -1.26. The van der Waals surface area contributed by atoms with Crippen molar-refractivity contribution < 1.29 is 9.53 Å². The Morgan fingerprint density at radius 1 is 1.50 bits per heavy atom. The van der Waals surface area contributed by atoms with Crippen LogP contribution in [0.25, 0.3) is 0 Å². The minimum absolute atomic E-state index is 0.0463. The molecular weight excluding hydrogens is 276 g/mol. The van der Waals surface area contributed by atoms with Crippen molar-refractivity contribution in [3.05, 3.63) is 28.8 Å². The van der Waals surface area contributed by atoms with Crippen molar-refractivity contribution in [3.63, 3.8) is 0 Å². The van der Waals surface area contributed by atoms with Crippen LogP contribution < -0.4 is 15.8 Å². The molecule has 4 nitrogen and oxygen atoms in total. The summed E-state index contributed by atoms with van der Waals surface area (Å²) in [4.78, 5) is 11.5. The second-order valence-electron chi connectivity index (χ2n) is 4.98. The summed E-state index contributed by atoms with van der Waals surface area (Å²) in [5, 5.41) is 3.56. The molecule has 1 rings (SSSR count). The highest BCUT2D eigenvalue weighted by molar-refractivity contribution is 6.30. The Bertz CT molecular complexity index is 436. The molecule has 5 heteroatoms. The summed E-state index contributed by atoms with van der Waals surface area (Å²) in [5.74, 6) is 0.877. The zero-order valence-corrected chi connectivity index (χ0v) is 12.9. The molecule has 0 bridgehead atoms. The van der Waals surface area contributed by atoms with E-state index in [1.807, 2.05) is 26.0 Å². The van der Waals surface area contributed by atoms with Crippen LogP contribution >= 0.6 is 11.6 Å². The van der Waals surface area contributed by atoms with E-state index >= 15 is 0 Å². The third-order valence-electron chi connectivity index (χ3n) is 2.86. The Kier molecular flexibility index (Phi) is 7.41. The second-order valence-corrected chi connectivity index (χ2v) is 5.41. The monoisotopic (exact) mass is 298 g/mol. The number of amides is 1. The predicted octanol–water partition coefficient (Wildman–Crippen LogP) is 2.66. The van der Waals surface area contributed by atoms with Gasteiger partial charge in [0.25, 0.3) is 0 Å². The van der Waals surface area contributed by atoms with E-state index in [2.05, 4.69) is 5.32 Å². The smallest absolute Gasteiger partial charge is 0.220 e. The maximum atomic E-state index is 11.5. The summed E-state index contributed by atoms with van der Waals surface area (Å²) in [7, 11) is 0. The third kappa shape index (κ3) is 6.78. The van der Waals surface area contributed by atoms with Gasteiger partial charge in [-0.1, -0.05) is 11.6 Å². The van der Waals surface area contributed by atoms with Gasteiger partial charge in [-0.3, -0.25) is 4.79 Å². The van der Waals surface area contributed by atoms with Gasteiger partial charge in [-0.05, 0) is 50.5 Å². The molecule has 1 aromatic rings. The van der Waals surface area contributed by atoms with Crippen molar-refractivity contribution in [2.45, 2.75) is 39.2 Å². The van der Waals surface area contributed by atoms with Crippen molar-refractivity contribution in [3.8, 4) is 5.75 Å². The van der Waals surface area contributed by atoms with Crippen molar-refractivity contribution in [2.75, 3.05) is 13.2 Å². The number of carbonyl (C=O) groups excluding carboxylic acids is 1. The Balaban J connectivity index is 2.14. The van der Waals surface area contributed by atoms with E-state index in [1.54, 1.807) is 6.07 Å². The molecule has 0 radical (unpaired) electrons. The molecule has 0 fully saturated rings. The minimum Gasteiger partial charge on any atom is -0.493 e. The number of aryl methyl sites for hydroxylation is 1. The lowest BCUT2D eigenvalue weighted by Crippen LogP contribution is -2.27. The van der Waals surface area contributed by atoms with Crippen molar-refractivity contribution >= 4 is 17.5 Å². The lowest BCUT2D eigenvalue weighted by Gasteiger charge is -2.10. The fourth-order valence-electron chi connectivity index (χ4n) is 1.70. The molecule has 3 N–H and O–H groups in total. The number of hydrogen-bond donors (Lipinski definition) is 2. The summed E-state index contributed by atoms with van der Waals surface area (Å²) in [5.41, 5.74) is 6.61. The molecule has 0 aromatic heterocycles. The second kappa shape index (κ2) is 8.82. The van der Waals surface area contributed by atoms with Crippen molar-refractivity contribution in [1.29, 1.82) is 0 Å². The van der Waals surface area contributed by atoms with Gasteiger partial charge in [-0.15, -0.1) is 0 Å². The van der Waals surface area contributed by atoms with Crippen LogP contribution in [0.1, 0.15) is 31.7 Å². The number of carbonyl (C=O) groups is 1. The Morgan fingerprint density at radius 2 is 2.25 bits per heavy atom. The molecule has 1 unspecified atom stereocenters. The van der Waals surface area contributed by atoms with Gasteiger partial charge < -0.3 is 15.8 Å². The van der Waals surface area contributed by atoms with Gasteiger partial charge in [0, 0.05) is 24.0 Å². The number of benzene rings is 1. The molecule has 0 aliphatic rings. The number of halogens is 1. The number of rotatable bonds is 8. The van der Waals surface area contributed by atoms with E-state index in [-0.39, 0.29) is 11.9 Å². The first-order chi connectivity index (χ1) is 9.49. The first-order valence-corrected chi connectivity index (χ1v) is 7.28. The van der Waals surface area contributed by atoms with Crippen LogP contribution in [0.5, 0.6) is 5.75 Å². The van der Waals surface area contributed by atoms with Crippen LogP contribution in [0.15, 0.2) is 18.2 Å². The highest BCUT2D eigenvalue weighted by atomic mass is 35.5. The average molecular weight is 299 g/mol. The predicted molar refractivity (Wildman–Crippen MR) is 82.2 cm³/mol. The number of hydrogen-bond acceptors (Lipinski definition) is 3. The quantitative estimate of drug-likeness (QED) is 0.725. The van der Waals surface area contributed by atoms with Gasteiger partial charge in [0.1, 0.15) is 5.75 Å². The number of nitrogens with one attached hydrogen (secondary N) is 1. The maximum Gasteiger partial charge on any atom is 0.220 e. The van der Waals surface area contributed by atoms with Crippen molar-refractivity contribution in [2.24, 2.45) is 5.73 Å². The maximum absolute atomic E-state index is 11.5. The standard InChI is InChI=1S/C15H23ClN2O2/c1-11-10-13(16)5-6-14(11)20-9-3-8-18-15(19)7-4-12(2)17/h5-6,10,12H,3-4,7-9,17H2,1-2H3,(H,18,19). The lowest BCUT2D eigenvalue weighted by molar-refractivity contribution is -0.121. The number of nitrogens with two attached hydrogens (primary N) is 1. The lowest BCUT2D eigenvalue weighted by atomic mass is 10.2. The normalized spacial score (nSPS) is 12.0. The van der Waals surface area contributed by atoms with Gasteiger partial charge in [0.15, 0.2) is 0 Å². The molecule has 1 aromatic carbocycles. The van der Waals surface area contributed by atoms with E-state index in [4.69, 9.17) is 22.1 Å². The van der Waals surface area contributed by atoms with Crippen LogP contribution in [0.2, 0.25) is 5.02 Å². The number of ether oxygens (including phenoxy) is 1. The Morgan fingerprint density at radius 3 is 2.90 bits per heavy atom. The van der Waals surface area contributed by atoms with E-state index in [9.17, 15) is 4.79 Å². The first kappa shape index (κ1) is 16.8. The van der Waals surface area contributed by atoms with Gasteiger partial charge in [-0.25, -0.2) is 0 Å². The van der Waals surface area contributed by atoms with Gasteiger partial charge in [0.2, 0.25) is 5.91 Å². The van der Waals surface area contributed by atoms with Crippen LogP contribution in [-0.2, 0) is 4.79 Å². The molecule has 0 spiro atoms. The van der Waals surface area contributed by atoms with Gasteiger partial charge in [0.05, 0.1) is 6.61 Å². The molecule has 0 aliphatic carbocycles. The van der Waals surface area contributed by atoms with Crippen LogP contribution in [0.3, 0.4) is 0 Å². The first-order valence-electron chi connectivity index (χ1n) is 6.90.